The van der Waals surface area contributed by atoms with Gasteiger partial charge in [0, 0.05) is 31.8 Å². The molecule has 1 N–H and O–H groups in total. The second-order valence-electron chi connectivity index (χ2n) is 5.93. The van der Waals surface area contributed by atoms with Crippen molar-refractivity contribution in [3.8, 4) is 5.75 Å². The van der Waals surface area contributed by atoms with E-state index in [0.717, 1.165) is 44.6 Å². The van der Waals surface area contributed by atoms with E-state index in [2.05, 4.69) is 11.4 Å². The third-order valence-electron chi connectivity index (χ3n) is 4.50. The Morgan fingerprint density at radius 1 is 1.50 bits per heavy atom. The lowest BCUT2D eigenvalue weighted by Crippen LogP contribution is -2.43. The lowest BCUT2D eigenvalue weighted by Gasteiger charge is -2.30. The van der Waals surface area contributed by atoms with Crippen LogP contribution in [0.25, 0.3) is 0 Å². The monoisotopic (exact) mass is 304 g/mol. The minimum absolute atomic E-state index is 0.0199. The molecule has 1 saturated heterocycles. The third kappa shape index (κ3) is 3.35. The zero-order chi connectivity index (χ0) is 15.4. The maximum atomic E-state index is 12.3. The van der Waals surface area contributed by atoms with Gasteiger partial charge in [-0.05, 0) is 37.3 Å². The first-order chi connectivity index (χ1) is 10.8. The van der Waals surface area contributed by atoms with Crippen LogP contribution in [0.2, 0.25) is 0 Å². The molecule has 3 rings (SSSR count). The van der Waals surface area contributed by atoms with Gasteiger partial charge in [0.05, 0.1) is 13.2 Å². The average Bonchev–Trinajstić information content (AvgIpc) is 3.07. The number of urea groups is 1. The number of rotatable bonds is 4. The molecule has 5 nitrogen and oxygen atoms in total. The van der Waals surface area contributed by atoms with Crippen LogP contribution >= 0.6 is 0 Å². The highest BCUT2D eigenvalue weighted by Crippen LogP contribution is 2.27. The number of hydrogen-bond donors (Lipinski definition) is 1. The average molecular weight is 304 g/mol. The van der Waals surface area contributed by atoms with Crippen molar-refractivity contribution in [2.24, 2.45) is 0 Å². The molecule has 22 heavy (non-hydrogen) atoms. The fourth-order valence-corrected chi connectivity index (χ4v) is 3.26. The van der Waals surface area contributed by atoms with E-state index in [9.17, 15) is 4.79 Å². The molecule has 1 aromatic rings. The van der Waals surface area contributed by atoms with Crippen LogP contribution in [-0.2, 0) is 17.7 Å². The molecule has 0 aromatic heterocycles. The molecule has 2 aliphatic rings. The maximum absolute atomic E-state index is 12.3. The number of fused-ring (bicyclic) bond motifs is 1. The maximum Gasteiger partial charge on any atom is 0.317 e. The molecule has 0 aliphatic carbocycles. The van der Waals surface area contributed by atoms with E-state index in [4.69, 9.17) is 9.47 Å². The number of ether oxygens (including phenoxy) is 2. The van der Waals surface area contributed by atoms with Crippen LogP contribution in [0.3, 0.4) is 0 Å². The lowest BCUT2D eigenvalue weighted by molar-refractivity contribution is 0.104. The third-order valence-corrected chi connectivity index (χ3v) is 4.50. The van der Waals surface area contributed by atoms with Gasteiger partial charge in [-0.1, -0.05) is 12.1 Å². The molecule has 2 heterocycles. The predicted molar refractivity (Wildman–Crippen MR) is 84.1 cm³/mol. The summed E-state index contributed by atoms with van der Waals surface area (Å²) in [5.74, 6) is 0.927. The van der Waals surface area contributed by atoms with E-state index >= 15 is 0 Å². The first-order valence-corrected chi connectivity index (χ1v) is 8.07. The molecule has 2 amide bonds. The van der Waals surface area contributed by atoms with Crippen LogP contribution < -0.4 is 10.1 Å². The molecule has 1 fully saturated rings. The minimum atomic E-state index is 0.0199. The molecule has 0 saturated carbocycles. The Hall–Kier alpha value is -1.75. The number of hydrogen-bond acceptors (Lipinski definition) is 3. The Morgan fingerprint density at radius 2 is 2.41 bits per heavy atom. The largest absolute Gasteiger partial charge is 0.496 e. The first kappa shape index (κ1) is 15.2. The Morgan fingerprint density at radius 3 is 3.18 bits per heavy atom. The predicted octanol–water partition coefficient (Wildman–Crippen LogP) is 2.33. The molecule has 0 unspecified atom stereocenters. The second-order valence-corrected chi connectivity index (χ2v) is 5.93. The van der Waals surface area contributed by atoms with Crippen LogP contribution in [0.15, 0.2) is 18.2 Å². The number of methoxy groups -OCH3 is 1. The SMILES string of the molecule is COc1cccc2c1CCN(C(=O)NCC[C@H]1CCCO1)C2. The van der Waals surface area contributed by atoms with E-state index in [0.29, 0.717) is 19.2 Å². The normalized spacial score (nSPS) is 20.6. The number of amides is 2. The van der Waals surface area contributed by atoms with Crippen molar-refractivity contribution in [1.29, 1.82) is 0 Å². The van der Waals surface area contributed by atoms with Crippen molar-refractivity contribution in [2.45, 2.75) is 38.3 Å². The van der Waals surface area contributed by atoms with Crippen molar-refractivity contribution >= 4 is 6.03 Å². The van der Waals surface area contributed by atoms with Gasteiger partial charge in [0.2, 0.25) is 0 Å². The lowest BCUT2D eigenvalue weighted by atomic mass is 9.99. The summed E-state index contributed by atoms with van der Waals surface area (Å²) in [6, 6.07) is 6.06. The summed E-state index contributed by atoms with van der Waals surface area (Å²) in [7, 11) is 1.69. The topological polar surface area (TPSA) is 50.8 Å². The smallest absolute Gasteiger partial charge is 0.317 e. The summed E-state index contributed by atoms with van der Waals surface area (Å²) in [6.07, 6.45) is 4.34. The fraction of sp³-hybridized carbons (Fsp3) is 0.588. The summed E-state index contributed by atoms with van der Waals surface area (Å²) >= 11 is 0. The van der Waals surface area contributed by atoms with Gasteiger partial charge < -0.3 is 19.7 Å². The number of carbonyl (C=O) groups is 1. The van der Waals surface area contributed by atoms with Gasteiger partial charge in [0.1, 0.15) is 5.75 Å². The zero-order valence-electron chi connectivity index (χ0n) is 13.1. The van der Waals surface area contributed by atoms with Crippen LogP contribution in [-0.4, -0.2) is 43.8 Å². The quantitative estimate of drug-likeness (QED) is 0.929. The molecule has 120 valence electrons. The van der Waals surface area contributed by atoms with Crippen LogP contribution in [0, 0.1) is 0 Å². The van der Waals surface area contributed by atoms with E-state index in [1.807, 2.05) is 17.0 Å². The van der Waals surface area contributed by atoms with Crippen molar-refractivity contribution in [3.63, 3.8) is 0 Å². The highest BCUT2D eigenvalue weighted by atomic mass is 16.5. The van der Waals surface area contributed by atoms with Gasteiger partial charge >= 0.3 is 6.03 Å². The van der Waals surface area contributed by atoms with Crippen molar-refractivity contribution in [3.05, 3.63) is 29.3 Å². The van der Waals surface area contributed by atoms with Crippen molar-refractivity contribution < 1.29 is 14.3 Å². The summed E-state index contributed by atoms with van der Waals surface area (Å²) in [4.78, 5) is 14.2. The Balaban J connectivity index is 1.51. The van der Waals surface area contributed by atoms with Gasteiger partial charge in [-0.25, -0.2) is 4.79 Å². The van der Waals surface area contributed by atoms with Crippen LogP contribution in [0.4, 0.5) is 4.79 Å². The van der Waals surface area contributed by atoms with Gasteiger partial charge in [-0.3, -0.25) is 0 Å². The fourth-order valence-electron chi connectivity index (χ4n) is 3.26. The van der Waals surface area contributed by atoms with Gasteiger partial charge in [-0.2, -0.15) is 0 Å². The Kier molecular flexibility index (Phi) is 4.83. The molecule has 0 bridgehead atoms. The minimum Gasteiger partial charge on any atom is -0.496 e. The summed E-state index contributed by atoms with van der Waals surface area (Å²) < 4.78 is 11.0. The highest BCUT2D eigenvalue weighted by molar-refractivity contribution is 5.74. The molecule has 2 aliphatic heterocycles. The second kappa shape index (κ2) is 7.01. The number of carbonyl (C=O) groups excluding carboxylic acids is 1. The van der Waals surface area contributed by atoms with E-state index in [-0.39, 0.29) is 6.03 Å². The van der Waals surface area contributed by atoms with E-state index in [1.165, 1.54) is 11.1 Å². The zero-order valence-corrected chi connectivity index (χ0v) is 13.1. The van der Waals surface area contributed by atoms with E-state index in [1.54, 1.807) is 7.11 Å². The summed E-state index contributed by atoms with van der Waals surface area (Å²) in [5.41, 5.74) is 2.41. The molecule has 0 spiro atoms. The van der Waals surface area contributed by atoms with Gasteiger partial charge in [0.25, 0.3) is 0 Å². The van der Waals surface area contributed by atoms with Gasteiger partial charge in [-0.15, -0.1) is 0 Å². The molecular weight excluding hydrogens is 280 g/mol. The van der Waals surface area contributed by atoms with Gasteiger partial charge in [0.15, 0.2) is 0 Å². The molecule has 0 radical (unpaired) electrons. The van der Waals surface area contributed by atoms with Crippen molar-refractivity contribution in [2.75, 3.05) is 26.8 Å². The summed E-state index contributed by atoms with van der Waals surface area (Å²) in [5, 5.41) is 3.01. The first-order valence-electron chi connectivity index (χ1n) is 8.07. The Labute approximate surface area is 131 Å². The molecule has 5 heteroatoms. The highest BCUT2D eigenvalue weighted by Gasteiger charge is 2.23. The van der Waals surface area contributed by atoms with Crippen LogP contribution in [0.1, 0.15) is 30.4 Å². The standard InChI is InChI=1S/C17H24N2O3/c1-21-16-6-2-4-13-12-19(10-8-15(13)16)17(20)18-9-7-14-5-3-11-22-14/h2,4,6,14H,3,5,7-12H2,1H3,(H,18,20)/t14-/m1/s1. The number of nitrogens with zero attached hydrogens (tertiary/aromatic N) is 1. The molecule has 1 aromatic carbocycles. The van der Waals surface area contributed by atoms with Crippen LogP contribution in [0.5, 0.6) is 5.75 Å². The summed E-state index contributed by atoms with van der Waals surface area (Å²) in [6.45, 7) is 2.94. The Bertz CT molecular complexity index is 527. The molecule has 1 atom stereocenters. The van der Waals surface area contributed by atoms with Crippen molar-refractivity contribution in [1.82, 2.24) is 10.2 Å². The van der Waals surface area contributed by atoms with E-state index < -0.39 is 0 Å². The molecular formula is C17H24N2O3. The number of benzene rings is 1. The number of nitrogens with one attached hydrogen (secondary N) is 1.